The molecule has 0 bridgehead atoms. The van der Waals surface area contributed by atoms with Gasteiger partial charge in [-0.2, -0.15) is 0 Å². The third-order valence-corrected chi connectivity index (χ3v) is 3.03. The Bertz CT molecular complexity index is 484. The van der Waals surface area contributed by atoms with Crippen LogP contribution >= 0.6 is 15.9 Å². The van der Waals surface area contributed by atoms with Crippen molar-refractivity contribution in [3.63, 3.8) is 0 Å². The molecular weight excluding hydrogens is 314 g/mol. The summed E-state index contributed by atoms with van der Waals surface area (Å²) in [5.41, 5.74) is 0.773. The van der Waals surface area contributed by atoms with Gasteiger partial charge in [-0.05, 0) is 17.7 Å². The number of benzene rings is 1. The molecule has 0 heterocycles. The van der Waals surface area contributed by atoms with Gasteiger partial charge in [-0.3, -0.25) is 19.3 Å². The first-order valence-corrected chi connectivity index (χ1v) is 6.46. The molecule has 1 N–H and O–H groups in total. The molecule has 0 aliphatic carbocycles. The Morgan fingerprint density at radius 2 is 1.79 bits per heavy atom. The molecule has 1 aromatic carbocycles. The van der Waals surface area contributed by atoms with Crippen molar-refractivity contribution in [1.82, 2.24) is 4.90 Å². The molecule has 2 amide bonds. The van der Waals surface area contributed by atoms with Gasteiger partial charge in [0.2, 0.25) is 11.8 Å². The van der Waals surface area contributed by atoms with Gasteiger partial charge in [-0.1, -0.05) is 28.1 Å². The first kappa shape index (κ1) is 15.4. The summed E-state index contributed by atoms with van der Waals surface area (Å²) in [5.74, 6) is -1.87. The summed E-state index contributed by atoms with van der Waals surface area (Å²) in [4.78, 5) is 34.8. The maximum absolute atomic E-state index is 12.0. The van der Waals surface area contributed by atoms with Crippen LogP contribution in [0.2, 0.25) is 0 Å². The molecule has 102 valence electrons. The second-order valence-electron chi connectivity index (χ2n) is 4.01. The normalized spacial score (nSPS) is 10.0. The van der Waals surface area contributed by atoms with Crippen LogP contribution in [0, 0.1) is 0 Å². The standard InChI is InChI=1S/C13H14BrNO4/c1-9(16)15(7-6-13(18)19)12(17)8-10-2-4-11(14)5-3-10/h2-5H,6-8H2,1H3,(H,18,19). The summed E-state index contributed by atoms with van der Waals surface area (Å²) in [6.45, 7) is 1.15. The lowest BCUT2D eigenvalue weighted by molar-refractivity contribution is -0.144. The van der Waals surface area contributed by atoms with Crippen molar-refractivity contribution in [2.75, 3.05) is 6.54 Å². The van der Waals surface area contributed by atoms with Crippen LogP contribution in [0.15, 0.2) is 28.7 Å². The Morgan fingerprint density at radius 1 is 1.21 bits per heavy atom. The summed E-state index contributed by atoms with van der Waals surface area (Å²) < 4.78 is 0.901. The first-order valence-electron chi connectivity index (χ1n) is 5.67. The summed E-state index contributed by atoms with van der Waals surface area (Å²) in [5, 5.41) is 8.59. The summed E-state index contributed by atoms with van der Waals surface area (Å²) in [6, 6.07) is 7.16. The van der Waals surface area contributed by atoms with Gasteiger partial charge in [-0.25, -0.2) is 0 Å². The number of hydrogen-bond donors (Lipinski definition) is 1. The zero-order valence-corrected chi connectivity index (χ0v) is 12.0. The lowest BCUT2D eigenvalue weighted by Crippen LogP contribution is -2.37. The van der Waals surface area contributed by atoms with Gasteiger partial charge < -0.3 is 5.11 Å². The molecule has 0 atom stereocenters. The van der Waals surface area contributed by atoms with Gasteiger partial charge in [0.15, 0.2) is 0 Å². The van der Waals surface area contributed by atoms with Crippen LogP contribution in [-0.2, 0) is 20.8 Å². The Morgan fingerprint density at radius 3 is 2.26 bits per heavy atom. The quantitative estimate of drug-likeness (QED) is 0.895. The number of nitrogens with zero attached hydrogens (tertiary/aromatic N) is 1. The van der Waals surface area contributed by atoms with E-state index in [2.05, 4.69) is 15.9 Å². The van der Waals surface area contributed by atoms with Gasteiger partial charge >= 0.3 is 5.97 Å². The lowest BCUT2D eigenvalue weighted by Gasteiger charge is -2.18. The molecule has 0 radical (unpaired) electrons. The number of carbonyl (C=O) groups is 3. The van der Waals surface area contributed by atoms with E-state index in [0.717, 1.165) is 14.9 Å². The van der Waals surface area contributed by atoms with Crippen LogP contribution in [0.1, 0.15) is 18.9 Å². The number of amides is 2. The molecule has 19 heavy (non-hydrogen) atoms. The van der Waals surface area contributed by atoms with Crippen molar-refractivity contribution in [1.29, 1.82) is 0 Å². The Kier molecular flexibility index (Phi) is 5.69. The molecule has 5 nitrogen and oxygen atoms in total. The van der Waals surface area contributed by atoms with Gasteiger partial charge in [0, 0.05) is 17.9 Å². The molecule has 0 aliphatic heterocycles. The lowest BCUT2D eigenvalue weighted by atomic mass is 10.1. The van der Waals surface area contributed by atoms with Gasteiger partial charge in [0.1, 0.15) is 0 Å². The molecule has 1 aromatic rings. The highest BCUT2D eigenvalue weighted by Crippen LogP contribution is 2.12. The summed E-state index contributed by atoms with van der Waals surface area (Å²) in [7, 11) is 0. The van der Waals surface area contributed by atoms with Crippen molar-refractivity contribution in [3.8, 4) is 0 Å². The van der Waals surface area contributed by atoms with Crippen LogP contribution in [0.3, 0.4) is 0 Å². The highest BCUT2D eigenvalue weighted by molar-refractivity contribution is 9.10. The number of carboxylic acids is 1. The number of carbonyl (C=O) groups excluding carboxylic acids is 2. The van der Waals surface area contributed by atoms with E-state index in [9.17, 15) is 14.4 Å². The Labute approximate surface area is 119 Å². The molecular formula is C13H14BrNO4. The molecule has 6 heteroatoms. The SMILES string of the molecule is CC(=O)N(CCC(=O)O)C(=O)Cc1ccc(Br)cc1. The monoisotopic (exact) mass is 327 g/mol. The topological polar surface area (TPSA) is 74.7 Å². The third-order valence-electron chi connectivity index (χ3n) is 2.50. The minimum Gasteiger partial charge on any atom is -0.481 e. The highest BCUT2D eigenvalue weighted by atomic mass is 79.9. The predicted molar refractivity (Wildman–Crippen MR) is 72.5 cm³/mol. The first-order chi connectivity index (χ1) is 8.90. The average molecular weight is 328 g/mol. The molecule has 0 saturated carbocycles. The number of imide groups is 1. The van der Waals surface area contributed by atoms with E-state index < -0.39 is 17.8 Å². The zero-order chi connectivity index (χ0) is 14.4. The molecule has 0 saturated heterocycles. The van der Waals surface area contributed by atoms with Crippen molar-refractivity contribution >= 4 is 33.7 Å². The predicted octanol–water partition coefficient (Wildman–Crippen LogP) is 1.84. The number of hydrogen-bond acceptors (Lipinski definition) is 3. The van der Waals surface area contributed by atoms with Crippen LogP contribution in [0.4, 0.5) is 0 Å². The largest absolute Gasteiger partial charge is 0.481 e. The van der Waals surface area contributed by atoms with E-state index in [1.54, 1.807) is 24.3 Å². The summed E-state index contributed by atoms with van der Waals surface area (Å²) >= 11 is 3.29. The van der Waals surface area contributed by atoms with E-state index in [4.69, 9.17) is 5.11 Å². The number of carboxylic acid groups (broad SMARTS) is 1. The molecule has 0 fully saturated rings. The number of rotatable bonds is 5. The van der Waals surface area contributed by atoms with Crippen LogP contribution < -0.4 is 0 Å². The van der Waals surface area contributed by atoms with E-state index >= 15 is 0 Å². The van der Waals surface area contributed by atoms with Crippen LogP contribution in [0.5, 0.6) is 0 Å². The van der Waals surface area contributed by atoms with E-state index in [1.165, 1.54) is 6.92 Å². The summed E-state index contributed by atoms with van der Waals surface area (Å²) in [6.07, 6.45) is -0.169. The van der Waals surface area contributed by atoms with Crippen LogP contribution in [-0.4, -0.2) is 34.3 Å². The zero-order valence-electron chi connectivity index (χ0n) is 10.4. The minimum atomic E-state index is -1.04. The van der Waals surface area contributed by atoms with Crippen molar-refractivity contribution in [2.45, 2.75) is 19.8 Å². The van der Waals surface area contributed by atoms with Crippen molar-refractivity contribution in [2.24, 2.45) is 0 Å². The average Bonchev–Trinajstić information content (AvgIpc) is 2.31. The van der Waals surface area contributed by atoms with Crippen LogP contribution in [0.25, 0.3) is 0 Å². The van der Waals surface area contributed by atoms with Gasteiger partial charge in [0.05, 0.1) is 12.8 Å². The minimum absolute atomic E-state index is 0.0759. The van der Waals surface area contributed by atoms with Gasteiger partial charge in [0.25, 0.3) is 0 Å². The maximum Gasteiger partial charge on any atom is 0.305 e. The Balaban J connectivity index is 2.69. The second kappa shape index (κ2) is 7.04. The third kappa shape index (κ3) is 5.21. The Hall–Kier alpha value is -1.69. The smallest absolute Gasteiger partial charge is 0.305 e. The fraction of sp³-hybridized carbons (Fsp3) is 0.308. The fourth-order valence-electron chi connectivity index (χ4n) is 1.54. The number of halogens is 1. The molecule has 0 aromatic heterocycles. The van der Waals surface area contributed by atoms with Gasteiger partial charge in [-0.15, -0.1) is 0 Å². The molecule has 0 spiro atoms. The molecule has 0 unspecified atom stereocenters. The van der Waals surface area contributed by atoms with Crippen molar-refractivity contribution in [3.05, 3.63) is 34.3 Å². The fourth-order valence-corrected chi connectivity index (χ4v) is 1.80. The van der Waals surface area contributed by atoms with E-state index in [-0.39, 0.29) is 19.4 Å². The molecule has 0 aliphatic rings. The van der Waals surface area contributed by atoms with E-state index in [1.807, 2.05) is 0 Å². The van der Waals surface area contributed by atoms with E-state index in [0.29, 0.717) is 0 Å². The highest BCUT2D eigenvalue weighted by Gasteiger charge is 2.18. The second-order valence-corrected chi connectivity index (χ2v) is 4.93. The maximum atomic E-state index is 12.0. The van der Waals surface area contributed by atoms with Crippen molar-refractivity contribution < 1.29 is 19.5 Å². The number of aliphatic carboxylic acids is 1. The molecule has 1 rings (SSSR count).